The van der Waals surface area contributed by atoms with E-state index in [1.807, 2.05) is 17.5 Å². The summed E-state index contributed by atoms with van der Waals surface area (Å²) in [7, 11) is 0. The number of nitrogens with zero attached hydrogens (tertiary/aromatic N) is 1. The Hall–Kier alpha value is -0.810. The third kappa shape index (κ3) is 3.83. The summed E-state index contributed by atoms with van der Waals surface area (Å²) in [4.78, 5) is 15.9. The lowest BCUT2D eigenvalue weighted by Crippen LogP contribution is -2.29. The van der Waals surface area contributed by atoms with Gasteiger partial charge in [-0.05, 0) is 19.1 Å². The number of carbonyl (C=O) groups excluding carboxylic acids is 1. The van der Waals surface area contributed by atoms with Crippen molar-refractivity contribution in [2.45, 2.75) is 11.3 Å². The van der Waals surface area contributed by atoms with E-state index in [4.69, 9.17) is 34.8 Å². The van der Waals surface area contributed by atoms with Crippen LogP contribution in [0.25, 0.3) is 11.3 Å². The average Bonchev–Trinajstić information content (AvgIpc) is 2.77. The minimum absolute atomic E-state index is 0.447. The van der Waals surface area contributed by atoms with Crippen molar-refractivity contribution in [2.75, 3.05) is 5.32 Å². The van der Waals surface area contributed by atoms with Crippen molar-refractivity contribution in [3.63, 3.8) is 0 Å². The normalized spacial score (nSPS) is 11.4. The monoisotopic (exact) mass is 334 g/mol. The number of rotatable bonds is 3. The van der Waals surface area contributed by atoms with Gasteiger partial charge in [-0.15, -0.1) is 11.3 Å². The van der Waals surface area contributed by atoms with E-state index in [1.165, 1.54) is 18.3 Å². The summed E-state index contributed by atoms with van der Waals surface area (Å²) >= 11 is 18.5. The SMILES string of the molecule is CC(Cl)(Cl)C(=O)Nc1nc(-c2ccc(Cl)cc2)cs1. The number of alkyl halides is 2. The number of aromatic nitrogens is 1. The highest BCUT2D eigenvalue weighted by molar-refractivity contribution is 7.14. The molecule has 0 unspecified atom stereocenters. The molecule has 0 atom stereocenters. The van der Waals surface area contributed by atoms with Crippen LogP contribution in [0.15, 0.2) is 29.6 Å². The number of hydrogen-bond donors (Lipinski definition) is 1. The highest BCUT2D eigenvalue weighted by Gasteiger charge is 2.28. The van der Waals surface area contributed by atoms with Crippen molar-refractivity contribution in [3.05, 3.63) is 34.7 Å². The number of thiazole rings is 1. The van der Waals surface area contributed by atoms with Gasteiger partial charge >= 0.3 is 0 Å². The van der Waals surface area contributed by atoms with Crippen LogP contribution in [0.2, 0.25) is 5.02 Å². The fraction of sp³-hybridized carbons (Fsp3) is 0.167. The molecule has 0 aliphatic rings. The summed E-state index contributed by atoms with van der Waals surface area (Å²) in [5.41, 5.74) is 1.67. The van der Waals surface area contributed by atoms with Crippen LogP contribution in [0, 0.1) is 0 Å². The Morgan fingerprint density at radius 2 is 1.95 bits per heavy atom. The summed E-state index contributed by atoms with van der Waals surface area (Å²) in [6.07, 6.45) is 0. The zero-order chi connectivity index (χ0) is 14.0. The topological polar surface area (TPSA) is 42.0 Å². The average molecular weight is 336 g/mol. The molecule has 100 valence electrons. The van der Waals surface area contributed by atoms with Gasteiger partial charge in [0.1, 0.15) is 0 Å². The van der Waals surface area contributed by atoms with Gasteiger partial charge in [-0.2, -0.15) is 0 Å². The molecule has 19 heavy (non-hydrogen) atoms. The molecule has 7 heteroatoms. The first-order chi connectivity index (χ1) is 8.86. The van der Waals surface area contributed by atoms with Crippen LogP contribution in [0.1, 0.15) is 6.92 Å². The number of benzene rings is 1. The van der Waals surface area contributed by atoms with Crippen LogP contribution >= 0.6 is 46.1 Å². The Morgan fingerprint density at radius 1 is 1.32 bits per heavy atom. The number of amides is 1. The molecule has 0 fully saturated rings. The van der Waals surface area contributed by atoms with Gasteiger partial charge in [0.2, 0.25) is 0 Å². The lowest BCUT2D eigenvalue weighted by atomic mass is 10.2. The largest absolute Gasteiger partial charge is 0.299 e. The minimum atomic E-state index is -1.48. The van der Waals surface area contributed by atoms with Gasteiger partial charge in [-0.25, -0.2) is 4.98 Å². The van der Waals surface area contributed by atoms with Crippen LogP contribution in [-0.4, -0.2) is 15.2 Å². The lowest BCUT2D eigenvalue weighted by molar-refractivity contribution is -0.116. The van der Waals surface area contributed by atoms with E-state index in [2.05, 4.69) is 10.3 Å². The molecule has 1 N–H and O–H groups in total. The summed E-state index contributed by atoms with van der Waals surface area (Å²) in [6.45, 7) is 1.40. The molecule has 2 rings (SSSR count). The molecular formula is C12H9Cl3N2OS. The minimum Gasteiger partial charge on any atom is -0.299 e. The molecule has 0 radical (unpaired) electrons. The van der Waals surface area contributed by atoms with E-state index in [0.717, 1.165) is 11.3 Å². The molecule has 1 heterocycles. The van der Waals surface area contributed by atoms with E-state index < -0.39 is 10.2 Å². The van der Waals surface area contributed by atoms with Gasteiger partial charge in [0.25, 0.3) is 5.91 Å². The third-order valence-corrected chi connectivity index (χ3v) is 3.62. The molecule has 1 aromatic carbocycles. The maximum Gasteiger partial charge on any atom is 0.262 e. The Labute approximate surface area is 129 Å². The zero-order valence-electron chi connectivity index (χ0n) is 9.78. The van der Waals surface area contributed by atoms with Crippen molar-refractivity contribution in [3.8, 4) is 11.3 Å². The fourth-order valence-corrected chi connectivity index (χ4v) is 2.23. The number of anilines is 1. The molecule has 0 saturated heterocycles. The molecule has 2 aromatic rings. The van der Waals surface area contributed by atoms with Crippen LogP contribution in [0.3, 0.4) is 0 Å². The van der Waals surface area contributed by atoms with E-state index >= 15 is 0 Å². The van der Waals surface area contributed by atoms with Crippen molar-refractivity contribution < 1.29 is 4.79 Å². The molecule has 1 amide bonds. The predicted molar refractivity (Wildman–Crippen MR) is 81.3 cm³/mol. The van der Waals surface area contributed by atoms with E-state index in [1.54, 1.807) is 12.1 Å². The first-order valence-electron chi connectivity index (χ1n) is 5.27. The first-order valence-corrected chi connectivity index (χ1v) is 7.28. The second-order valence-corrected chi connectivity index (χ2v) is 6.89. The Balaban J connectivity index is 2.16. The second kappa shape index (κ2) is 5.67. The number of halogens is 3. The van der Waals surface area contributed by atoms with Gasteiger partial charge in [-0.1, -0.05) is 46.9 Å². The van der Waals surface area contributed by atoms with Gasteiger partial charge in [0, 0.05) is 16.0 Å². The molecule has 1 aromatic heterocycles. The number of carbonyl (C=O) groups is 1. The van der Waals surface area contributed by atoms with Gasteiger partial charge in [-0.3, -0.25) is 10.1 Å². The van der Waals surface area contributed by atoms with Crippen molar-refractivity contribution in [2.24, 2.45) is 0 Å². The third-order valence-electron chi connectivity index (χ3n) is 2.26. The summed E-state index contributed by atoms with van der Waals surface area (Å²) in [5, 5.41) is 5.50. The maximum atomic E-state index is 11.6. The van der Waals surface area contributed by atoms with E-state index in [9.17, 15) is 4.79 Å². The van der Waals surface area contributed by atoms with Crippen LogP contribution < -0.4 is 5.32 Å². The Bertz CT molecular complexity index is 590. The molecule has 0 bridgehead atoms. The van der Waals surface area contributed by atoms with Gasteiger partial charge in [0.15, 0.2) is 9.46 Å². The number of hydrogen-bond acceptors (Lipinski definition) is 3. The molecule has 3 nitrogen and oxygen atoms in total. The van der Waals surface area contributed by atoms with E-state index in [0.29, 0.717) is 10.2 Å². The van der Waals surface area contributed by atoms with Crippen LogP contribution in [0.5, 0.6) is 0 Å². The molecule has 0 aliphatic heterocycles. The highest BCUT2D eigenvalue weighted by atomic mass is 35.5. The summed E-state index contributed by atoms with van der Waals surface area (Å²) in [6, 6.07) is 7.28. The maximum absolute atomic E-state index is 11.6. The van der Waals surface area contributed by atoms with Crippen molar-refractivity contribution >= 4 is 57.2 Å². The Morgan fingerprint density at radius 3 is 2.53 bits per heavy atom. The second-order valence-electron chi connectivity index (χ2n) is 3.89. The quantitative estimate of drug-likeness (QED) is 0.833. The Kier molecular flexibility index (Phi) is 4.36. The molecule has 0 saturated carbocycles. The standard InChI is InChI=1S/C12H9Cl3N2OS/c1-12(14,15)10(18)17-11-16-9(6-19-11)7-2-4-8(13)5-3-7/h2-6H,1H3,(H,16,17,18). The zero-order valence-corrected chi connectivity index (χ0v) is 12.9. The van der Waals surface area contributed by atoms with Crippen LogP contribution in [-0.2, 0) is 4.79 Å². The van der Waals surface area contributed by atoms with Crippen molar-refractivity contribution in [1.29, 1.82) is 0 Å². The smallest absolute Gasteiger partial charge is 0.262 e. The van der Waals surface area contributed by atoms with Gasteiger partial charge in [0.05, 0.1) is 5.69 Å². The van der Waals surface area contributed by atoms with Crippen LogP contribution in [0.4, 0.5) is 5.13 Å². The van der Waals surface area contributed by atoms with E-state index in [-0.39, 0.29) is 0 Å². The lowest BCUT2D eigenvalue weighted by Gasteiger charge is -2.10. The highest BCUT2D eigenvalue weighted by Crippen LogP contribution is 2.28. The van der Waals surface area contributed by atoms with Gasteiger partial charge < -0.3 is 0 Å². The van der Waals surface area contributed by atoms with Crippen molar-refractivity contribution in [1.82, 2.24) is 4.98 Å². The summed E-state index contributed by atoms with van der Waals surface area (Å²) < 4.78 is -1.48. The number of nitrogens with one attached hydrogen (secondary N) is 1. The predicted octanol–water partition coefficient (Wildman–Crippen LogP) is 4.60. The summed E-state index contributed by atoms with van der Waals surface area (Å²) in [5.74, 6) is -0.507. The first kappa shape index (κ1) is 14.6. The molecular weight excluding hydrogens is 327 g/mol. The fourth-order valence-electron chi connectivity index (χ4n) is 1.29. The molecule has 0 aliphatic carbocycles. The molecule has 0 spiro atoms.